The standard InChI is InChI=1S/C19H27N3O3/c1-13(2)17-6-5-10-22(17)19(24)21-16-8-7-15(12-14(16)3)18(23)20-9-11-25-4/h5-8,12-13,17H,9-11H2,1-4H3,(H,20,23)(H,21,24)/t17-/m0/s1. The molecular formula is C19H27N3O3. The molecule has 1 aromatic carbocycles. The molecule has 0 spiro atoms. The number of methoxy groups -OCH3 is 1. The van der Waals surface area contributed by atoms with Crippen LogP contribution in [-0.2, 0) is 4.74 Å². The fourth-order valence-electron chi connectivity index (χ4n) is 2.84. The Morgan fingerprint density at radius 3 is 2.76 bits per heavy atom. The Labute approximate surface area is 149 Å². The lowest BCUT2D eigenvalue weighted by atomic mass is 10.1. The third-order valence-electron chi connectivity index (χ3n) is 4.26. The topological polar surface area (TPSA) is 70.7 Å². The van der Waals surface area contributed by atoms with Gasteiger partial charge in [0, 0.05) is 31.5 Å². The third kappa shape index (κ3) is 4.82. The van der Waals surface area contributed by atoms with E-state index >= 15 is 0 Å². The molecule has 3 amide bonds. The van der Waals surface area contributed by atoms with E-state index in [1.807, 2.05) is 17.9 Å². The normalized spacial score (nSPS) is 16.4. The van der Waals surface area contributed by atoms with Gasteiger partial charge in [-0.25, -0.2) is 4.79 Å². The zero-order chi connectivity index (χ0) is 18.4. The third-order valence-corrected chi connectivity index (χ3v) is 4.26. The summed E-state index contributed by atoms with van der Waals surface area (Å²) in [6.07, 6.45) is 4.09. The average Bonchev–Trinajstić information content (AvgIpc) is 3.07. The van der Waals surface area contributed by atoms with Crippen LogP contribution in [0.5, 0.6) is 0 Å². The fraction of sp³-hybridized carbons (Fsp3) is 0.474. The zero-order valence-corrected chi connectivity index (χ0v) is 15.3. The van der Waals surface area contributed by atoms with Crippen molar-refractivity contribution in [1.29, 1.82) is 0 Å². The summed E-state index contributed by atoms with van der Waals surface area (Å²) < 4.78 is 4.92. The molecule has 6 heteroatoms. The van der Waals surface area contributed by atoms with E-state index in [0.717, 1.165) is 5.56 Å². The Kier molecular flexibility index (Phi) is 6.58. The average molecular weight is 345 g/mol. The molecule has 2 N–H and O–H groups in total. The molecular weight excluding hydrogens is 318 g/mol. The molecule has 0 aliphatic carbocycles. The Hall–Kier alpha value is -2.34. The number of urea groups is 1. The Morgan fingerprint density at radius 2 is 2.12 bits per heavy atom. The van der Waals surface area contributed by atoms with Crippen LogP contribution >= 0.6 is 0 Å². The molecule has 0 saturated heterocycles. The van der Waals surface area contributed by atoms with Crippen molar-refractivity contribution in [3.8, 4) is 0 Å². The van der Waals surface area contributed by atoms with Crippen molar-refractivity contribution in [1.82, 2.24) is 10.2 Å². The number of nitrogens with zero attached hydrogens (tertiary/aromatic N) is 1. The minimum absolute atomic E-state index is 0.117. The number of benzene rings is 1. The second-order valence-electron chi connectivity index (χ2n) is 6.52. The van der Waals surface area contributed by atoms with E-state index in [4.69, 9.17) is 4.74 Å². The van der Waals surface area contributed by atoms with Crippen LogP contribution in [0.2, 0.25) is 0 Å². The Bertz CT molecular complexity index is 655. The number of carbonyl (C=O) groups is 2. The van der Waals surface area contributed by atoms with E-state index in [-0.39, 0.29) is 18.0 Å². The first kappa shape index (κ1) is 19.0. The van der Waals surface area contributed by atoms with Crippen molar-refractivity contribution in [3.05, 3.63) is 41.5 Å². The number of hydrogen-bond acceptors (Lipinski definition) is 3. The van der Waals surface area contributed by atoms with Crippen LogP contribution in [0.4, 0.5) is 10.5 Å². The first-order valence-electron chi connectivity index (χ1n) is 8.56. The van der Waals surface area contributed by atoms with Gasteiger partial charge in [0.2, 0.25) is 0 Å². The lowest BCUT2D eigenvalue weighted by Gasteiger charge is -2.28. The zero-order valence-electron chi connectivity index (χ0n) is 15.3. The number of aryl methyl sites for hydroxylation is 1. The number of hydrogen-bond donors (Lipinski definition) is 2. The van der Waals surface area contributed by atoms with E-state index in [1.165, 1.54) is 0 Å². The summed E-state index contributed by atoms with van der Waals surface area (Å²) in [7, 11) is 1.59. The highest BCUT2D eigenvalue weighted by atomic mass is 16.5. The largest absolute Gasteiger partial charge is 0.383 e. The highest BCUT2D eigenvalue weighted by Crippen LogP contribution is 2.21. The first-order chi connectivity index (χ1) is 11.9. The lowest BCUT2D eigenvalue weighted by Crippen LogP contribution is -2.41. The van der Waals surface area contributed by atoms with Crippen molar-refractivity contribution >= 4 is 17.6 Å². The van der Waals surface area contributed by atoms with Crippen molar-refractivity contribution in [3.63, 3.8) is 0 Å². The molecule has 0 unspecified atom stereocenters. The van der Waals surface area contributed by atoms with Crippen molar-refractivity contribution in [2.24, 2.45) is 5.92 Å². The van der Waals surface area contributed by atoms with E-state index in [1.54, 1.807) is 25.3 Å². The smallest absolute Gasteiger partial charge is 0.322 e. The Balaban J connectivity index is 2.01. The molecule has 2 rings (SSSR count). The molecule has 0 saturated carbocycles. The molecule has 0 radical (unpaired) electrons. The van der Waals surface area contributed by atoms with Crippen molar-refractivity contribution in [2.45, 2.75) is 26.8 Å². The number of rotatable bonds is 6. The summed E-state index contributed by atoms with van der Waals surface area (Å²) in [6.45, 7) is 7.63. The summed E-state index contributed by atoms with van der Waals surface area (Å²) in [5, 5.41) is 5.73. The number of carbonyl (C=O) groups excluding carboxylic acids is 2. The second kappa shape index (κ2) is 8.67. The maximum Gasteiger partial charge on any atom is 0.322 e. The van der Waals surface area contributed by atoms with E-state index in [2.05, 4.69) is 30.6 Å². The fourth-order valence-corrected chi connectivity index (χ4v) is 2.84. The lowest BCUT2D eigenvalue weighted by molar-refractivity contribution is 0.0937. The van der Waals surface area contributed by atoms with Gasteiger partial charge in [-0.3, -0.25) is 4.79 Å². The summed E-state index contributed by atoms with van der Waals surface area (Å²) in [5.74, 6) is 0.213. The SMILES string of the molecule is COCCNC(=O)c1ccc(NC(=O)N2CC=C[C@H]2C(C)C)c(C)c1. The molecule has 0 fully saturated rings. The highest BCUT2D eigenvalue weighted by molar-refractivity contribution is 5.96. The molecule has 0 aromatic heterocycles. The maximum absolute atomic E-state index is 12.6. The minimum atomic E-state index is -0.151. The van der Waals surface area contributed by atoms with Gasteiger partial charge in [0.25, 0.3) is 5.91 Å². The molecule has 25 heavy (non-hydrogen) atoms. The van der Waals surface area contributed by atoms with E-state index < -0.39 is 0 Å². The highest BCUT2D eigenvalue weighted by Gasteiger charge is 2.27. The molecule has 136 valence electrons. The van der Waals surface area contributed by atoms with Crippen LogP contribution in [0.15, 0.2) is 30.4 Å². The van der Waals surface area contributed by atoms with Crippen LogP contribution in [-0.4, -0.2) is 49.7 Å². The van der Waals surface area contributed by atoms with Gasteiger partial charge in [0.1, 0.15) is 0 Å². The van der Waals surface area contributed by atoms with Crippen molar-refractivity contribution < 1.29 is 14.3 Å². The molecule has 1 aromatic rings. The summed E-state index contributed by atoms with van der Waals surface area (Å²) in [5.41, 5.74) is 2.13. The van der Waals surface area contributed by atoms with Crippen LogP contribution in [0.3, 0.4) is 0 Å². The van der Waals surface area contributed by atoms with Gasteiger partial charge in [-0.1, -0.05) is 26.0 Å². The van der Waals surface area contributed by atoms with E-state index in [9.17, 15) is 9.59 Å². The van der Waals surface area contributed by atoms with E-state index in [0.29, 0.717) is 36.9 Å². The number of amides is 3. The molecule has 1 aliphatic heterocycles. The summed E-state index contributed by atoms with van der Waals surface area (Å²) in [4.78, 5) is 26.4. The molecule has 1 heterocycles. The predicted octanol–water partition coefficient (Wildman–Crippen LogP) is 2.80. The number of nitrogens with one attached hydrogen (secondary N) is 2. The van der Waals surface area contributed by atoms with Crippen LogP contribution in [0, 0.1) is 12.8 Å². The first-order valence-corrected chi connectivity index (χ1v) is 8.56. The molecule has 1 aliphatic rings. The molecule has 6 nitrogen and oxygen atoms in total. The number of ether oxygens (including phenoxy) is 1. The minimum Gasteiger partial charge on any atom is -0.383 e. The van der Waals surface area contributed by atoms with Gasteiger partial charge >= 0.3 is 6.03 Å². The summed E-state index contributed by atoms with van der Waals surface area (Å²) in [6, 6.07) is 5.26. The second-order valence-corrected chi connectivity index (χ2v) is 6.52. The monoisotopic (exact) mass is 345 g/mol. The van der Waals surface area contributed by atoms with Crippen LogP contribution in [0.1, 0.15) is 29.8 Å². The molecule has 0 bridgehead atoms. The van der Waals surface area contributed by atoms with Gasteiger partial charge < -0.3 is 20.3 Å². The van der Waals surface area contributed by atoms with Gasteiger partial charge in [-0.15, -0.1) is 0 Å². The van der Waals surface area contributed by atoms with Crippen molar-refractivity contribution in [2.75, 3.05) is 32.1 Å². The van der Waals surface area contributed by atoms with Gasteiger partial charge in [0.15, 0.2) is 0 Å². The Morgan fingerprint density at radius 1 is 1.36 bits per heavy atom. The van der Waals surface area contributed by atoms with Gasteiger partial charge in [-0.2, -0.15) is 0 Å². The quantitative estimate of drug-likeness (QED) is 0.615. The van der Waals surface area contributed by atoms with Crippen LogP contribution in [0.25, 0.3) is 0 Å². The number of anilines is 1. The van der Waals surface area contributed by atoms with Gasteiger partial charge in [-0.05, 0) is 36.6 Å². The molecule has 1 atom stereocenters. The predicted molar refractivity (Wildman–Crippen MR) is 98.9 cm³/mol. The summed E-state index contributed by atoms with van der Waals surface area (Å²) >= 11 is 0. The van der Waals surface area contributed by atoms with Crippen LogP contribution < -0.4 is 10.6 Å². The van der Waals surface area contributed by atoms with Gasteiger partial charge in [0.05, 0.1) is 12.6 Å². The maximum atomic E-state index is 12.6.